The molecule has 0 aliphatic heterocycles. The van der Waals surface area contributed by atoms with Crippen LogP contribution in [0.2, 0.25) is 0 Å². The van der Waals surface area contributed by atoms with Crippen LogP contribution in [0.3, 0.4) is 0 Å². The molecule has 96 valence electrons. The summed E-state index contributed by atoms with van der Waals surface area (Å²) in [4.78, 5) is 1.35. The van der Waals surface area contributed by atoms with Gasteiger partial charge in [-0.3, -0.25) is 0 Å². The molecule has 0 bridgehead atoms. The van der Waals surface area contributed by atoms with Crippen molar-refractivity contribution >= 4 is 22.9 Å². The summed E-state index contributed by atoms with van der Waals surface area (Å²) in [5.41, 5.74) is 0.468. The van der Waals surface area contributed by atoms with Gasteiger partial charge in [-0.05, 0) is 54.4 Å². The summed E-state index contributed by atoms with van der Waals surface area (Å²) in [6.07, 6.45) is 5.30. The molecule has 1 aliphatic rings. The van der Waals surface area contributed by atoms with Crippen LogP contribution in [0, 0.1) is 17.3 Å². The van der Waals surface area contributed by atoms with E-state index in [9.17, 15) is 0 Å². The molecule has 2 heteroatoms. The Labute approximate surface area is 114 Å². The van der Waals surface area contributed by atoms with Crippen LogP contribution in [-0.2, 0) is 0 Å². The van der Waals surface area contributed by atoms with Crippen LogP contribution < -0.4 is 0 Å². The summed E-state index contributed by atoms with van der Waals surface area (Å²) < 4.78 is 0. The summed E-state index contributed by atoms with van der Waals surface area (Å²) in [5.74, 6) is 1.57. The van der Waals surface area contributed by atoms with Crippen LogP contribution in [0.4, 0.5) is 0 Å². The predicted molar refractivity (Wildman–Crippen MR) is 77.8 cm³/mol. The molecule has 1 unspecified atom stereocenters. The summed E-state index contributed by atoms with van der Waals surface area (Å²) in [5, 5.41) is 2.38. The summed E-state index contributed by atoms with van der Waals surface area (Å²) >= 11 is 8.40. The molecule has 0 radical (unpaired) electrons. The standard InChI is InChI=1S/C15H23ClS/c1-15(2,3)12-8-6-11(7-9-12)14(16)13-5-4-10-17-13/h4-5,10-12,14H,6-9H2,1-3H3. The maximum atomic E-state index is 6.60. The molecule has 0 spiro atoms. The van der Waals surface area contributed by atoms with Gasteiger partial charge >= 0.3 is 0 Å². The number of rotatable bonds is 2. The minimum Gasteiger partial charge on any atom is -0.147 e. The van der Waals surface area contributed by atoms with Crippen molar-refractivity contribution in [2.24, 2.45) is 17.3 Å². The van der Waals surface area contributed by atoms with Gasteiger partial charge in [-0.25, -0.2) is 0 Å². The van der Waals surface area contributed by atoms with Gasteiger partial charge in [0.25, 0.3) is 0 Å². The van der Waals surface area contributed by atoms with Crippen molar-refractivity contribution in [3.8, 4) is 0 Å². The van der Waals surface area contributed by atoms with Crippen molar-refractivity contribution in [2.75, 3.05) is 0 Å². The lowest BCUT2D eigenvalue weighted by atomic mass is 9.69. The Kier molecular flexibility index (Phi) is 4.20. The van der Waals surface area contributed by atoms with Crippen LogP contribution >= 0.6 is 22.9 Å². The molecule has 1 aliphatic carbocycles. The average Bonchev–Trinajstić information content (AvgIpc) is 2.80. The Morgan fingerprint density at radius 1 is 1.24 bits per heavy atom. The fraction of sp³-hybridized carbons (Fsp3) is 0.733. The summed E-state index contributed by atoms with van der Waals surface area (Å²) in [7, 11) is 0. The van der Waals surface area contributed by atoms with Gasteiger partial charge in [-0.1, -0.05) is 26.8 Å². The van der Waals surface area contributed by atoms with Crippen molar-refractivity contribution in [2.45, 2.75) is 51.8 Å². The molecule has 1 fully saturated rings. The second-order valence-corrected chi connectivity index (χ2v) is 7.84. The van der Waals surface area contributed by atoms with E-state index in [2.05, 4.69) is 38.3 Å². The number of hydrogen-bond donors (Lipinski definition) is 0. The number of thiophene rings is 1. The van der Waals surface area contributed by atoms with Crippen LogP contribution in [0.5, 0.6) is 0 Å². The van der Waals surface area contributed by atoms with Gasteiger partial charge in [-0.15, -0.1) is 22.9 Å². The third-order valence-corrected chi connectivity index (χ3v) is 5.90. The van der Waals surface area contributed by atoms with E-state index in [1.807, 2.05) is 0 Å². The Hall–Kier alpha value is -0.0100. The molecular formula is C15H23ClS. The third-order valence-electron chi connectivity index (χ3n) is 4.23. The second kappa shape index (κ2) is 5.32. The van der Waals surface area contributed by atoms with E-state index in [-0.39, 0.29) is 5.38 Å². The molecule has 1 atom stereocenters. The van der Waals surface area contributed by atoms with Crippen molar-refractivity contribution < 1.29 is 0 Å². The SMILES string of the molecule is CC(C)(C)C1CCC(C(Cl)c2cccs2)CC1. The number of alkyl halides is 1. The first kappa shape index (κ1) is 13.4. The Morgan fingerprint density at radius 2 is 1.88 bits per heavy atom. The highest BCUT2D eigenvalue weighted by molar-refractivity contribution is 7.10. The summed E-state index contributed by atoms with van der Waals surface area (Å²) in [6.45, 7) is 7.11. The van der Waals surface area contributed by atoms with E-state index in [4.69, 9.17) is 11.6 Å². The van der Waals surface area contributed by atoms with Crippen LogP contribution in [0.1, 0.15) is 56.7 Å². The van der Waals surface area contributed by atoms with Gasteiger partial charge in [0.15, 0.2) is 0 Å². The number of hydrogen-bond acceptors (Lipinski definition) is 1. The normalized spacial score (nSPS) is 28.0. The Balaban J connectivity index is 1.91. The molecule has 0 nitrogen and oxygen atoms in total. The Bertz CT molecular complexity index is 328. The van der Waals surface area contributed by atoms with E-state index in [1.54, 1.807) is 11.3 Å². The maximum Gasteiger partial charge on any atom is 0.0706 e. The molecule has 1 aromatic rings. The van der Waals surface area contributed by atoms with Crippen molar-refractivity contribution in [1.29, 1.82) is 0 Å². The second-order valence-electron chi connectivity index (χ2n) is 6.39. The topological polar surface area (TPSA) is 0 Å². The van der Waals surface area contributed by atoms with Gasteiger partial charge in [0.2, 0.25) is 0 Å². The van der Waals surface area contributed by atoms with Crippen molar-refractivity contribution in [1.82, 2.24) is 0 Å². The fourth-order valence-electron chi connectivity index (χ4n) is 2.96. The first-order chi connectivity index (χ1) is 7.98. The lowest BCUT2D eigenvalue weighted by Crippen LogP contribution is -2.27. The van der Waals surface area contributed by atoms with E-state index < -0.39 is 0 Å². The highest BCUT2D eigenvalue weighted by atomic mass is 35.5. The number of halogens is 1. The minimum absolute atomic E-state index is 0.246. The minimum atomic E-state index is 0.246. The lowest BCUT2D eigenvalue weighted by Gasteiger charge is -2.38. The molecule has 0 N–H and O–H groups in total. The highest BCUT2D eigenvalue weighted by Gasteiger charge is 2.32. The first-order valence-corrected chi connectivity index (χ1v) is 7.97. The lowest BCUT2D eigenvalue weighted by molar-refractivity contribution is 0.148. The van der Waals surface area contributed by atoms with E-state index in [0.717, 1.165) is 5.92 Å². The van der Waals surface area contributed by atoms with Gasteiger partial charge < -0.3 is 0 Å². The molecule has 17 heavy (non-hydrogen) atoms. The van der Waals surface area contributed by atoms with E-state index in [0.29, 0.717) is 11.3 Å². The third kappa shape index (κ3) is 3.26. The smallest absolute Gasteiger partial charge is 0.0706 e. The predicted octanol–water partition coefficient (Wildman–Crippen LogP) is 5.88. The van der Waals surface area contributed by atoms with Crippen molar-refractivity contribution in [3.63, 3.8) is 0 Å². The zero-order valence-corrected chi connectivity index (χ0v) is 12.7. The van der Waals surface area contributed by atoms with Gasteiger partial charge in [0.1, 0.15) is 0 Å². The molecule has 0 aromatic carbocycles. The van der Waals surface area contributed by atoms with E-state index >= 15 is 0 Å². The maximum absolute atomic E-state index is 6.60. The highest BCUT2D eigenvalue weighted by Crippen LogP contribution is 2.46. The molecule has 1 aromatic heterocycles. The molecule has 0 amide bonds. The molecule has 1 saturated carbocycles. The van der Waals surface area contributed by atoms with Gasteiger partial charge in [-0.2, -0.15) is 0 Å². The monoisotopic (exact) mass is 270 g/mol. The molecule has 0 saturated heterocycles. The van der Waals surface area contributed by atoms with Crippen LogP contribution in [0.15, 0.2) is 17.5 Å². The summed E-state index contributed by atoms with van der Waals surface area (Å²) in [6, 6.07) is 4.29. The molecule has 2 rings (SSSR count). The fourth-order valence-corrected chi connectivity index (χ4v) is 4.23. The van der Waals surface area contributed by atoms with Crippen LogP contribution in [-0.4, -0.2) is 0 Å². The first-order valence-electron chi connectivity index (χ1n) is 6.66. The van der Waals surface area contributed by atoms with Crippen LogP contribution in [0.25, 0.3) is 0 Å². The average molecular weight is 271 g/mol. The zero-order chi connectivity index (χ0) is 12.5. The Morgan fingerprint density at radius 3 is 2.35 bits per heavy atom. The largest absolute Gasteiger partial charge is 0.147 e. The van der Waals surface area contributed by atoms with Gasteiger partial charge in [0.05, 0.1) is 5.38 Å². The zero-order valence-electron chi connectivity index (χ0n) is 11.1. The van der Waals surface area contributed by atoms with E-state index in [1.165, 1.54) is 30.6 Å². The quantitative estimate of drug-likeness (QED) is 0.589. The molecular weight excluding hydrogens is 248 g/mol. The van der Waals surface area contributed by atoms with Gasteiger partial charge in [0, 0.05) is 4.88 Å². The molecule has 1 heterocycles. The van der Waals surface area contributed by atoms with Crippen molar-refractivity contribution in [3.05, 3.63) is 22.4 Å².